The molecule has 198 valence electrons. The predicted molar refractivity (Wildman–Crippen MR) is 146 cm³/mol. The van der Waals surface area contributed by atoms with Crippen LogP contribution in [0.2, 0.25) is 0 Å². The Balaban J connectivity index is 1.09. The van der Waals surface area contributed by atoms with Crippen molar-refractivity contribution in [2.75, 3.05) is 43.4 Å². The number of anilines is 2. The van der Waals surface area contributed by atoms with Crippen molar-refractivity contribution >= 4 is 39.3 Å². The van der Waals surface area contributed by atoms with Gasteiger partial charge in [-0.05, 0) is 37.6 Å². The standard InChI is InChI=1S/C27H27FN10O/c1-16-15-37(25-23(16)26-31-24(20-5-3-4-6-30-20)33-38(26)27(29)32-25)12-9-35-7-10-36(11-8-35)21-13-18-17(2)34-39-22(18)14-19(21)28/h3-6,13-15H,7-12H2,1-2H3,(H2,29,32). The van der Waals surface area contributed by atoms with Crippen LogP contribution in [0, 0.1) is 19.7 Å². The fourth-order valence-corrected chi connectivity index (χ4v) is 5.41. The molecule has 1 aliphatic rings. The number of piperazine rings is 1. The van der Waals surface area contributed by atoms with E-state index < -0.39 is 0 Å². The van der Waals surface area contributed by atoms with Gasteiger partial charge in [0.15, 0.2) is 11.2 Å². The van der Waals surface area contributed by atoms with Crippen molar-refractivity contribution in [2.45, 2.75) is 20.4 Å². The molecule has 1 aliphatic heterocycles. The molecule has 0 bridgehead atoms. The van der Waals surface area contributed by atoms with Gasteiger partial charge in [-0.25, -0.2) is 9.37 Å². The second-order valence-corrected chi connectivity index (χ2v) is 9.96. The number of rotatable bonds is 5. The average Bonchev–Trinajstić information content (AvgIpc) is 3.63. The highest BCUT2D eigenvalue weighted by Gasteiger charge is 2.23. The molecule has 12 heteroatoms. The number of aromatic nitrogens is 7. The van der Waals surface area contributed by atoms with Crippen molar-refractivity contribution in [3.05, 3.63) is 59.8 Å². The number of halogens is 1. The number of pyridine rings is 1. The lowest BCUT2D eigenvalue weighted by Gasteiger charge is -2.36. The van der Waals surface area contributed by atoms with Crippen molar-refractivity contribution in [1.29, 1.82) is 0 Å². The van der Waals surface area contributed by atoms with Crippen molar-refractivity contribution < 1.29 is 8.91 Å². The number of nitrogens with two attached hydrogens (primary N) is 1. The summed E-state index contributed by atoms with van der Waals surface area (Å²) in [7, 11) is 0. The van der Waals surface area contributed by atoms with E-state index in [-0.39, 0.29) is 11.8 Å². The molecule has 1 saturated heterocycles. The van der Waals surface area contributed by atoms with Crippen molar-refractivity contribution in [3.8, 4) is 11.5 Å². The van der Waals surface area contributed by atoms with Gasteiger partial charge in [-0.1, -0.05) is 11.2 Å². The van der Waals surface area contributed by atoms with Crippen LogP contribution >= 0.6 is 0 Å². The summed E-state index contributed by atoms with van der Waals surface area (Å²) >= 11 is 0. The quantitative estimate of drug-likeness (QED) is 0.360. The molecular weight excluding hydrogens is 499 g/mol. The summed E-state index contributed by atoms with van der Waals surface area (Å²) in [5, 5.41) is 10.3. The van der Waals surface area contributed by atoms with Crippen LogP contribution in [0.25, 0.3) is 39.2 Å². The van der Waals surface area contributed by atoms with Gasteiger partial charge in [-0.15, -0.1) is 5.10 Å². The summed E-state index contributed by atoms with van der Waals surface area (Å²) in [4.78, 5) is 18.3. The number of hydrogen-bond acceptors (Lipinski definition) is 9. The third-order valence-electron chi connectivity index (χ3n) is 7.49. The largest absolute Gasteiger partial charge is 0.368 e. The molecule has 0 atom stereocenters. The summed E-state index contributed by atoms with van der Waals surface area (Å²) in [6, 6.07) is 8.91. The van der Waals surface area contributed by atoms with Gasteiger partial charge in [0.25, 0.3) is 0 Å². The zero-order chi connectivity index (χ0) is 26.7. The van der Waals surface area contributed by atoms with Crippen LogP contribution in [0.5, 0.6) is 0 Å². The second-order valence-electron chi connectivity index (χ2n) is 9.96. The molecule has 6 heterocycles. The summed E-state index contributed by atoms with van der Waals surface area (Å²) in [6.45, 7) is 8.63. The minimum Gasteiger partial charge on any atom is -0.368 e. The van der Waals surface area contributed by atoms with E-state index in [0.29, 0.717) is 28.4 Å². The summed E-state index contributed by atoms with van der Waals surface area (Å²) in [5.74, 6) is 0.509. The molecule has 0 saturated carbocycles. The minimum absolute atomic E-state index is 0.280. The summed E-state index contributed by atoms with van der Waals surface area (Å²) < 4.78 is 23.7. The molecule has 0 radical (unpaired) electrons. The molecule has 1 fully saturated rings. The van der Waals surface area contributed by atoms with E-state index >= 15 is 0 Å². The lowest BCUT2D eigenvalue weighted by Crippen LogP contribution is -2.47. The molecule has 1 aromatic carbocycles. The third-order valence-corrected chi connectivity index (χ3v) is 7.49. The maximum atomic E-state index is 14.8. The van der Waals surface area contributed by atoms with Gasteiger partial charge < -0.3 is 19.7 Å². The predicted octanol–water partition coefficient (Wildman–Crippen LogP) is 3.44. The highest BCUT2D eigenvalue weighted by atomic mass is 19.1. The number of aryl methyl sites for hydroxylation is 2. The van der Waals surface area contributed by atoms with Crippen LogP contribution in [0.15, 0.2) is 47.2 Å². The molecule has 0 unspecified atom stereocenters. The molecule has 2 N–H and O–H groups in total. The van der Waals surface area contributed by atoms with Gasteiger partial charge in [0.2, 0.25) is 11.8 Å². The van der Waals surface area contributed by atoms with Gasteiger partial charge in [-0.2, -0.15) is 9.50 Å². The molecule has 7 rings (SSSR count). The monoisotopic (exact) mass is 526 g/mol. The summed E-state index contributed by atoms with van der Waals surface area (Å²) in [5.41, 5.74) is 11.4. The van der Waals surface area contributed by atoms with Gasteiger partial charge in [0.05, 0.1) is 16.8 Å². The first-order chi connectivity index (χ1) is 19.0. The molecular formula is C27H27FN10O. The lowest BCUT2D eigenvalue weighted by molar-refractivity contribution is 0.248. The normalized spacial score (nSPS) is 14.8. The molecule has 0 spiro atoms. The Kier molecular flexibility index (Phi) is 5.44. The highest BCUT2D eigenvalue weighted by molar-refractivity contribution is 5.94. The number of nitrogen functional groups attached to an aromatic ring is 1. The van der Waals surface area contributed by atoms with Crippen molar-refractivity contribution in [1.82, 2.24) is 39.2 Å². The number of fused-ring (bicyclic) bond motifs is 4. The molecule has 39 heavy (non-hydrogen) atoms. The van der Waals surface area contributed by atoms with Crippen LogP contribution in [0.4, 0.5) is 16.0 Å². The zero-order valence-electron chi connectivity index (χ0n) is 21.7. The minimum atomic E-state index is -0.281. The Bertz CT molecular complexity index is 1830. The second kappa shape index (κ2) is 9.02. The van der Waals surface area contributed by atoms with Crippen LogP contribution in [0.3, 0.4) is 0 Å². The van der Waals surface area contributed by atoms with E-state index in [9.17, 15) is 4.39 Å². The van der Waals surface area contributed by atoms with E-state index in [1.54, 1.807) is 10.7 Å². The Morgan fingerprint density at radius 3 is 2.67 bits per heavy atom. The average molecular weight is 527 g/mol. The topological polar surface area (TPSA) is 119 Å². The van der Waals surface area contributed by atoms with Gasteiger partial charge in [-0.3, -0.25) is 9.88 Å². The third kappa shape index (κ3) is 3.95. The Morgan fingerprint density at radius 2 is 1.87 bits per heavy atom. The Labute approximate surface area is 222 Å². The lowest BCUT2D eigenvalue weighted by atomic mass is 10.1. The van der Waals surface area contributed by atoms with Crippen molar-refractivity contribution in [2.24, 2.45) is 0 Å². The SMILES string of the molecule is Cc1noc2cc(F)c(N3CCN(CCn4cc(C)c5c4nc(N)n4nc(-c6ccccn6)nc54)CC3)cc12. The van der Waals surface area contributed by atoms with E-state index in [1.807, 2.05) is 38.1 Å². The Hall–Kier alpha value is -4.58. The first-order valence-electron chi connectivity index (χ1n) is 12.9. The smallest absolute Gasteiger partial charge is 0.225 e. The molecule has 0 aliphatic carbocycles. The fraction of sp³-hybridized carbons (Fsp3) is 0.296. The summed E-state index contributed by atoms with van der Waals surface area (Å²) in [6.07, 6.45) is 3.81. The first kappa shape index (κ1) is 23.5. The molecule has 11 nitrogen and oxygen atoms in total. The van der Waals surface area contributed by atoms with E-state index in [1.165, 1.54) is 6.07 Å². The fourth-order valence-electron chi connectivity index (χ4n) is 5.41. The Morgan fingerprint density at radius 1 is 1.03 bits per heavy atom. The molecule has 5 aromatic heterocycles. The maximum Gasteiger partial charge on any atom is 0.225 e. The van der Waals surface area contributed by atoms with Gasteiger partial charge in [0.1, 0.15) is 17.2 Å². The van der Waals surface area contributed by atoms with E-state index in [4.69, 9.17) is 15.2 Å². The number of nitrogens with zero attached hydrogens (tertiary/aromatic N) is 9. The van der Waals surface area contributed by atoms with Gasteiger partial charge >= 0.3 is 0 Å². The zero-order valence-corrected chi connectivity index (χ0v) is 21.7. The van der Waals surface area contributed by atoms with Crippen LogP contribution in [-0.2, 0) is 6.54 Å². The molecule has 6 aromatic rings. The maximum absolute atomic E-state index is 14.8. The first-order valence-corrected chi connectivity index (χ1v) is 12.9. The van der Waals surface area contributed by atoms with Gasteiger partial charge in [0, 0.05) is 63.1 Å². The van der Waals surface area contributed by atoms with Crippen LogP contribution < -0.4 is 10.6 Å². The van der Waals surface area contributed by atoms with Crippen molar-refractivity contribution in [3.63, 3.8) is 0 Å². The van der Waals surface area contributed by atoms with E-state index in [2.05, 4.69) is 40.8 Å². The molecule has 0 amide bonds. The number of benzene rings is 1. The highest BCUT2D eigenvalue weighted by Crippen LogP contribution is 2.29. The van der Waals surface area contributed by atoms with Crippen LogP contribution in [0.1, 0.15) is 11.3 Å². The van der Waals surface area contributed by atoms with E-state index in [0.717, 1.165) is 66.9 Å². The number of hydrogen-bond donors (Lipinski definition) is 1. The van der Waals surface area contributed by atoms with Crippen LogP contribution in [-0.4, -0.2) is 71.9 Å².